The van der Waals surface area contributed by atoms with Crippen LogP contribution in [0.5, 0.6) is 5.75 Å². The lowest BCUT2D eigenvalue weighted by molar-refractivity contribution is 0.0520. The van der Waals surface area contributed by atoms with Crippen LogP contribution in [0.1, 0.15) is 17.4 Å². The molecule has 7 heteroatoms. The Balaban J connectivity index is 2.42. The quantitative estimate of drug-likeness (QED) is 0.827. The number of nitrogens with zero attached hydrogens (tertiary/aromatic N) is 3. The second-order valence-electron chi connectivity index (χ2n) is 3.63. The van der Waals surface area contributed by atoms with Crippen LogP contribution >= 0.6 is 0 Å². The predicted octanol–water partition coefficient (Wildman–Crippen LogP) is 1.03. The molecule has 0 saturated heterocycles. The molecule has 0 aliphatic heterocycles. The highest BCUT2D eigenvalue weighted by molar-refractivity contribution is 5.92. The summed E-state index contributed by atoms with van der Waals surface area (Å²) >= 11 is 0. The monoisotopic (exact) mass is 262 g/mol. The zero-order valence-corrected chi connectivity index (χ0v) is 10.7. The minimum atomic E-state index is -0.561. The van der Waals surface area contributed by atoms with Crippen LogP contribution in [0.4, 0.5) is 5.69 Å². The summed E-state index contributed by atoms with van der Waals surface area (Å²) in [4.78, 5) is 15.8. The van der Waals surface area contributed by atoms with Gasteiger partial charge >= 0.3 is 5.97 Å². The van der Waals surface area contributed by atoms with Crippen molar-refractivity contribution in [1.82, 2.24) is 14.8 Å². The van der Waals surface area contributed by atoms with E-state index in [2.05, 4.69) is 10.1 Å². The summed E-state index contributed by atoms with van der Waals surface area (Å²) in [5, 5.41) is 4.08. The molecular formula is C12H14N4O3. The first-order valence-corrected chi connectivity index (χ1v) is 5.69. The van der Waals surface area contributed by atoms with E-state index >= 15 is 0 Å². The number of anilines is 1. The van der Waals surface area contributed by atoms with Crippen LogP contribution < -0.4 is 10.5 Å². The standard InChI is InChI=1S/C12H14N4O3/c1-3-19-12(17)10-8(13)7-16(15-10)11-9(18-2)5-4-6-14-11/h4-7H,3,13H2,1-2H3. The Bertz CT molecular complexity index is 594. The first-order chi connectivity index (χ1) is 9.17. The number of hydrogen-bond donors (Lipinski definition) is 1. The number of rotatable bonds is 4. The normalized spacial score (nSPS) is 10.2. The largest absolute Gasteiger partial charge is 0.493 e. The maximum atomic E-state index is 11.6. The molecule has 0 aromatic carbocycles. The fourth-order valence-electron chi connectivity index (χ4n) is 1.57. The highest BCUT2D eigenvalue weighted by Gasteiger charge is 2.18. The van der Waals surface area contributed by atoms with E-state index in [1.165, 1.54) is 18.0 Å². The van der Waals surface area contributed by atoms with Gasteiger partial charge in [0.2, 0.25) is 0 Å². The van der Waals surface area contributed by atoms with Gasteiger partial charge < -0.3 is 15.2 Å². The van der Waals surface area contributed by atoms with Crippen molar-refractivity contribution in [3.05, 3.63) is 30.2 Å². The van der Waals surface area contributed by atoms with E-state index in [4.69, 9.17) is 15.2 Å². The van der Waals surface area contributed by atoms with Gasteiger partial charge in [-0.3, -0.25) is 0 Å². The Morgan fingerprint density at radius 2 is 2.32 bits per heavy atom. The predicted molar refractivity (Wildman–Crippen MR) is 68.3 cm³/mol. The number of carbonyl (C=O) groups excluding carboxylic acids is 1. The summed E-state index contributed by atoms with van der Waals surface area (Å²) in [5.74, 6) is 0.418. The number of hydrogen-bond acceptors (Lipinski definition) is 6. The van der Waals surface area contributed by atoms with Crippen molar-refractivity contribution < 1.29 is 14.3 Å². The Labute approximate surface area is 110 Å². The van der Waals surface area contributed by atoms with E-state index in [9.17, 15) is 4.79 Å². The van der Waals surface area contributed by atoms with Gasteiger partial charge in [-0.1, -0.05) is 0 Å². The Morgan fingerprint density at radius 1 is 1.53 bits per heavy atom. The molecule has 19 heavy (non-hydrogen) atoms. The fourth-order valence-corrected chi connectivity index (χ4v) is 1.57. The van der Waals surface area contributed by atoms with Gasteiger partial charge in [0.25, 0.3) is 0 Å². The molecule has 2 aromatic rings. The number of nitrogen functional groups attached to an aromatic ring is 1. The van der Waals surface area contributed by atoms with Crippen LogP contribution in [0.15, 0.2) is 24.5 Å². The summed E-state index contributed by atoms with van der Waals surface area (Å²) in [6.07, 6.45) is 3.09. The van der Waals surface area contributed by atoms with Crippen molar-refractivity contribution in [2.45, 2.75) is 6.92 Å². The molecule has 2 N–H and O–H groups in total. The number of methoxy groups -OCH3 is 1. The minimum Gasteiger partial charge on any atom is -0.493 e. The minimum absolute atomic E-state index is 0.0644. The van der Waals surface area contributed by atoms with Crippen molar-refractivity contribution in [2.75, 3.05) is 19.5 Å². The van der Waals surface area contributed by atoms with Crippen molar-refractivity contribution in [2.24, 2.45) is 0 Å². The molecular weight excluding hydrogens is 248 g/mol. The average molecular weight is 262 g/mol. The zero-order valence-electron chi connectivity index (χ0n) is 10.7. The second kappa shape index (κ2) is 5.38. The first kappa shape index (κ1) is 12.9. The van der Waals surface area contributed by atoms with Crippen LogP contribution in [0.3, 0.4) is 0 Å². The zero-order chi connectivity index (χ0) is 13.8. The highest BCUT2D eigenvalue weighted by atomic mass is 16.5. The SMILES string of the molecule is CCOC(=O)c1nn(-c2ncccc2OC)cc1N. The molecule has 0 radical (unpaired) electrons. The van der Waals surface area contributed by atoms with Gasteiger partial charge in [0, 0.05) is 6.20 Å². The summed E-state index contributed by atoms with van der Waals surface area (Å²) in [6.45, 7) is 1.98. The molecule has 0 amide bonds. The summed E-state index contributed by atoms with van der Waals surface area (Å²) < 4.78 is 11.4. The number of carbonyl (C=O) groups is 1. The highest BCUT2D eigenvalue weighted by Crippen LogP contribution is 2.21. The lowest BCUT2D eigenvalue weighted by Gasteiger charge is -2.05. The van der Waals surface area contributed by atoms with E-state index in [1.54, 1.807) is 25.3 Å². The van der Waals surface area contributed by atoms with Crippen molar-refractivity contribution in [1.29, 1.82) is 0 Å². The molecule has 0 saturated carbocycles. The molecule has 100 valence electrons. The fraction of sp³-hybridized carbons (Fsp3) is 0.250. The summed E-state index contributed by atoms with van der Waals surface area (Å²) in [5.41, 5.74) is 6.04. The molecule has 0 aliphatic rings. The van der Waals surface area contributed by atoms with Crippen molar-refractivity contribution in [3.63, 3.8) is 0 Å². The van der Waals surface area contributed by atoms with Gasteiger partial charge in [-0.25, -0.2) is 14.5 Å². The smallest absolute Gasteiger partial charge is 0.361 e. The van der Waals surface area contributed by atoms with Crippen LogP contribution in [0.2, 0.25) is 0 Å². The molecule has 0 fully saturated rings. The van der Waals surface area contributed by atoms with Crippen molar-refractivity contribution in [3.8, 4) is 11.6 Å². The topological polar surface area (TPSA) is 92.3 Å². The Kier molecular flexibility index (Phi) is 3.65. The summed E-state index contributed by atoms with van der Waals surface area (Å²) in [6, 6.07) is 3.48. The lowest BCUT2D eigenvalue weighted by Crippen LogP contribution is -2.09. The van der Waals surface area contributed by atoms with Gasteiger partial charge in [0.05, 0.1) is 25.6 Å². The van der Waals surface area contributed by atoms with E-state index in [0.29, 0.717) is 11.6 Å². The molecule has 0 aliphatic carbocycles. The van der Waals surface area contributed by atoms with E-state index in [1.807, 2.05) is 0 Å². The number of nitrogens with two attached hydrogens (primary N) is 1. The molecule has 7 nitrogen and oxygen atoms in total. The Morgan fingerprint density at radius 3 is 3.00 bits per heavy atom. The van der Waals surface area contributed by atoms with E-state index < -0.39 is 5.97 Å². The lowest BCUT2D eigenvalue weighted by atomic mass is 10.4. The molecule has 0 atom stereocenters. The van der Waals surface area contributed by atoms with Gasteiger partial charge in [0.1, 0.15) is 0 Å². The molecule has 0 bridgehead atoms. The van der Waals surface area contributed by atoms with Gasteiger partial charge in [-0.15, -0.1) is 0 Å². The number of ether oxygens (including phenoxy) is 2. The number of aromatic nitrogens is 3. The molecule has 0 unspecified atom stereocenters. The van der Waals surface area contributed by atoms with E-state index in [0.717, 1.165) is 0 Å². The third-order valence-corrected chi connectivity index (χ3v) is 2.40. The van der Waals surface area contributed by atoms with Crippen LogP contribution in [0.25, 0.3) is 5.82 Å². The molecule has 0 spiro atoms. The third-order valence-electron chi connectivity index (χ3n) is 2.40. The molecule has 2 heterocycles. The Hall–Kier alpha value is -2.57. The molecule has 2 aromatic heterocycles. The van der Waals surface area contributed by atoms with Gasteiger partial charge in [0.15, 0.2) is 17.3 Å². The van der Waals surface area contributed by atoms with Crippen LogP contribution in [0, 0.1) is 0 Å². The summed E-state index contributed by atoms with van der Waals surface area (Å²) in [7, 11) is 1.53. The maximum Gasteiger partial charge on any atom is 0.361 e. The number of esters is 1. The average Bonchev–Trinajstić information content (AvgIpc) is 2.81. The number of pyridine rings is 1. The van der Waals surface area contributed by atoms with Crippen LogP contribution in [-0.2, 0) is 4.74 Å². The van der Waals surface area contributed by atoms with Crippen molar-refractivity contribution >= 4 is 11.7 Å². The third kappa shape index (κ3) is 2.49. The van der Waals surface area contributed by atoms with Crippen LogP contribution in [-0.4, -0.2) is 34.5 Å². The van der Waals surface area contributed by atoms with E-state index in [-0.39, 0.29) is 18.0 Å². The van der Waals surface area contributed by atoms with Gasteiger partial charge in [-0.2, -0.15) is 5.10 Å². The first-order valence-electron chi connectivity index (χ1n) is 5.69. The second-order valence-corrected chi connectivity index (χ2v) is 3.63. The molecule has 2 rings (SSSR count). The maximum absolute atomic E-state index is 11.6. The van der Waals surface area contributed by atoms with Gasteiger partial charge in [-0.05, 0) is 19.1 Å².